The fourth-order valence-electron chi connectivity index (χ4n) is 3.93. The van der Waals surface area contributed by atoms with Crippen LogP contribution in [-0.2, 0) is 11.3 Å². The van der Waals surface area contributed by atoms with E-state index in [0.717, 1.165) is 21.7 Å². The number of para-hydroxylation sites is 1. The normalized spacial score (nSPS) is 15.3. The third kappa shape index (κ3) is 4.65. The number of fused-ring (bicyclic) bond motifs is 1. The second-order valence-electron chi connectivity index (χ2n) is 7.64. The van der Waals surface area contributed by atoms with Crippen molar-refractivity contribution in [1.82, 2.24) is 0 Å². The minimum Gasteiger partial charge on any atom is -0.493 e. The summed E-state index contributed by atoms with van der Waals surface area (Å²) < 4.78 is 16.4. The third-order valence-electron chi connectivity index (χ3n) is 5.63. The van der Waals surface area contributed by atoms with Crippen LogP contribution in [-0.4, -0.2) is 32.2 Å². The van der Waals surface area contributed by atoms with Gasteiger partial charge in [0, 0.05) is 28.7 Å². The molecule has 1 amide bonds. The molecule has 0 aromatic heterocycles. The monoisotopic (exact) mass is 480 g/mol. The molecule has 3 aromatic carbocycles. The Hall–Kier alpha value is -3.72. The van der Waals surface area contributed by atoms with Gasteiger partial charge in [-0.1, -0.05) is 24.3 Å². The Bertz CT molecular complexity index is 1190. The Balaban J connectivity index is 1.69. The van der Waals surface area contributed by atoms with Crippen LogP contribution in [0, 0.1) is 10.1 Å². The fraction of sp³-hybridized carbons (Fsp3) is 0.240. The van der Waals surface area contributed by atoms with E-state index >= 15 is 0 Å². The number of non-ortho nitro benzene ring substituents is 1. The van der Waals surface area contributed by atoms with Gasteiger partial charge in [-0.15, -0.1) is 11.8 Å². The first-order valence-corrected chi connectivity index (χ1v) is 11.4. The zero-order valence-electron chi connectivity index (χ0n) is 19.0. The zero-order valence-corrected chi connectivity index (χ0v) is 19.8. The lowest BCUT2D eigenvalue weighted by atomic mass is 10.1. The van der Waals surface area contributed by atoms with Crippen LogP contribution in [0.3, 0.4) is 0 Å². The van der Waals surface area contributed by atoms with Crippen molar-refractivity contribution >= 4 is 29.0 Å². The second-order valence-corrected chi connectivity index (χ2v) is 8.89. The lowest BCUT2D eigenvalue weighted by molar-refractivity contribution is -0.384. The highest BCUT2D eigenvalue weighted by atomic mass is 32.2. The molecule has 3 aromatic rings. The predicted molar refractivity (Wildman–Crippen MR) is 130 cm³/mol. The van der Waals surface area contributed by atoms with Gasteiger partial charge in [-0.25, -0.2) is 0 Å². The maximum atomic E-state index is 13.5. The number of rotatable bonds is 7. The summed E-state index contributed by atoms with van der Waals surface area (Å²) in [5.74, 6) is 1.52. The topological polar surface area (TPSA) is 91.1 Å². The molecule has 1 atom stereocenters. The Morgan fingerprint density at radius 3 is 2.24 bits per heavy atom. The van der Waals surface area contributed by atoms with Gasteiger partial charge < -0.3 is 19.1 Å². The third-order valence-corrected chi connectivity index (χ3v) is 6.96. The molecule has 8 nitrogen and oxygen atoms in total. The number of hydrogen-bond donors (Lipinski definition) is 0. The highest BCUT2D eigenvalue weighted by molar-refractivity contribution is 7.99. The summed E-state index contributed by atoms with van der Waals surface area (Å²) in [6.07, 6.45) is 0.255. The average Bonchev–Trinajstić information content (AvgIpc) is 2.99. The van der Waals surface area contributed by atoms with Crippen molar-refractivity contribution in [2.45, 2.75) is 23.1 Å². The van der Waals surface area contributed by atoms with Crippen LogP contribution in [0.15, 0.2) is 65.6 Å². The second kappa shape index (κ2) is 10.0. The zero-order chi connectivity index (χ0) is 24.2. The van der Waals surface area contributed by atoms with Gasteiger partial charge in [0.25, 0.3) is 5.69 Å². The molecule has 1 aliphatic rings. The van der Waals surface area contributed by atoms with Gasteiger partial charge >= 0.3 is 0 Å². The van der Waals surface area contributed by atoms with Crippen molar-refractivity contribution in [2.24, 2.45) is 0 Å². The molecule has 176 valence electrons. The standard InChI is InChI=1S/C25H24N2O6S/c1-31-20-12-17(13-21(32-2)25(20)33-3)23-14-24(28)26(19-6-4-5-7-22(19)34-23)15-16-8-10-18(11-9-16)27(29)30/h4-13,23H,14-15H2,1-3H3/t23-/m0/s1. The summed E-state index contributed by atoms with van der Waals surface area (Å²) in [6, 6.07) is 17.8. The first-order chi connectivity index (χ1) is 16.4. The molecule has 0 radical (unpaired) electrons. The maximum absolute atomic E-state index is 13.5. The number of carbonyl (C=O) groups excluding carboxylic acids is 1. The first-order valence-electron chi connectivity index (χ1n) is 10.5. The molecule has 0 N–H and O–H groups in total. The fourth-order valence-corrected chi connectivity index (χ4v) is 5.19. The van der Waals surface area contributed by atoms with Gasteiger partial charge in [0.1, 0.15) is 0 Å². The first kappa shape index (κ1) is 23.4. The number of anilines is 1. The maximum Gasteiger partial charge on any atom is 0.269 e. The van der Waals surface area contributed by atoms with Crippen molar-refractivity contribution in [3.8, 4) is 17.2 Å². The van der Waals surface area contributed by atoms with E-state index in [1.807, 2.05) is 36.4 Å². The number of carbonyl (C=O) groups is 1. The number of methoxy groups -OCH3 is 3. The molecular weight excluding hydrogens is 456 g/mol. The smallest absolute Gasteiger partial charge is 0.269 e. The molecule has 0 spiro atoms. The molecule has 0 saturated carbocycles. The minimum atomic E-state index is -0.436. The number of nitrogens with zero attached hydrogens (tertiary/aromatic N) is 2. The summed E-state index contributed by atoms with van der Waals surface area (Å²) in [4.78, 5) is 26.7. The van der Waals surface area contributed by atoms with Gasteiger partial charge in [-0.05, 0) is 35.4 Å². The summed E-state index contributed by atoms with van der Waals surface area (Å²) >= 11 is 1.60. The van der Waals surface area contributed by atoms with E-state index in [2.05, 4.69) is 0 Å². The molecule has 0 saturated heterocycles. The number of thioether (sulfide) groups is 1. The van der Waals surface area contributed by atoms with Gasteiger partial charge in [-0.2, -0.15) is 0 Å². The molecule has 34 heavy (non-hydrogen) atoms. The molecule has 4 rings (SSSR count). The van der Waals surface area contributed by atoms with E-state index in [1.54, 1.807) is 50.1 Å². The molecule has 0 aliphatic carbocycles. The summed E-state index contributed by atoms with van der Waals surface area (Å²) in [5, 5.41) is 10.8. The minimum absolute atomic E-state index is 0.0179. The Morgan fingerprint density at radius 1 is 1.00 bits per heavy atom. The quantitative estimate of drug-likeness (QED) is 0.331. The van der Waals surface area contributed by atoms with Crippen molar-refractivity contribution in [3.63, 3.8) is 0 Å². The molecule has 1 heterocycles. The van der Waals surface area contributed by atoms with Crippen molar-refractivity contribution in [1.29, 1.82) is 0 Å². The lowest BCUT2D eigenvalue weighted by Crippen LogP contribution is -2.30. The van der Waals surface area contributed by atoms with Gasteiger partial charge in [-0.3, -0.25) is 14.9 Å². The van der Waals surface area contributed by atoms with E-state index < -0.39 is 4.92 Å². The van der Waals surface area contributed by atoms with Crippen LogP contribution in [0.5, 0.6) is 17.2 Å². The average molecular weight is 481 g/mol. The molecular formula is C25H24N2O6S. The number of hydrogen-bond acceptors (Lipinski definition) is 7. The summed E-state index contributed by atoms with van der Waals surface area (Å²) in [5.41, 5.74) is 2.53. The van der Waals surface area contributed by atoms with E-state index in [9.17, 15) is 14.9 Å². The van der Waals surface area contributed by atoms with E-state index in [0.29, 0.717) is 23.8 Å². The Labute approximate surface area is 201 Å². The van der Waals surface area contributed by atoms with Crippen LogP contribution >= 0.6 is 11.8 Å². The Kier molecular flexibility index (Phi) is 6.93. The largest absolute Gasteiger partial charge is 0.493 e. The van der Waals surface area contributed by atoms with Crippen LogP contribution in [0.2, 0.25) is 0 Å². The van der Waals surface area contributed by atoms with Crippen molar-refractivity contribution in [2.75, 3.05) is 26.2 Å². The number of nitro benzene ring substituents is 1. The van der Waals surface area contributed by atoms with Crippen molar-refractivity contribution in [3.05, 3.63) is 81.9 Å². The van der Waals surface area contributed by atoms with Crippen molar-refractivity contribution < 1.29 is 23.9 Å². The number of amides is 1. The molecule has 0 bridgehead atoms. The van der Waals surface area contributed by atoms with Crippen LogP contribution in [0.25, 0.3) is 0 Å². The van der Waals surface area contributed by atoms with Crippen LogP contribution < -0.4 is 19.1 Å². The van der Waals surface area contributed by atoms with Crippen LogP contribution in [0.1, 0.15) is 22.8 Å². The Morgan fingerprint density at radius 2 is 1.65 bits per heavy atom. The molecule has 0 unspecified atom stereocenters. The van der Waals surface area contributed by atoms with Gasteiger partial charge in [0.05, 0.1) is 38.5 Å². The highest BCUT2D eigenvalue weighted by Gasteiger charge is 2.30. The van der Waals surface area contributed by atoms with Gasteiger partial charge in [0.2, 0.25) is 11.7 Å². The summed E-state index contributed by atoms with van der Waals surface area (Å²) in [6.45, 7) is 0.316. The molecule has 1 aliphatic heterocycles. The number of ether oxygens (including phenoxy) is 3. The van der Waals surface area contributed by atoms with E-state index in [4.69, 9.17) is 14.2 Å². The van der Waals surface area contributed by atoms with Gasteiger partial charge in [0.15, 0.2) is 11.5 Å². The number of nitro groups is 1. The van der Waals surface area contributed by atoms with E-state index in [1.165, 1.54) is 12.1 Å². The lowest BCUT2D eigenvalue weighted by Gasteiger charge is -2.23. The highest BCUT2D eigenvalue weighted by Crippen LogP contribution is 2.49. The summed E-state index contributed by atoms with van der Waals surface area (Å²) in [7, 11) is 4.68. The number of benzene rings is 3. The van der Waals surface area contributed by atoms with E-state index in [-0.39, 0.29) is 23.3 Å². The predicted octanol–water partition coefficient (Wildman–Crippen LogP) is 5.39. The molecule has 0 fully saturated rings. The molecule has 9 heteroatoms. The van der Waals surface area contributed by atoms with Crippen LogP contribution in [0.4, 0.5) is 11.4 Å². The SMILES string of the molecule is COc1cc([C@@H]2CC(=O)N(Cc3ccc([N+](=O)[O-])cc3)c3ccccc3S2)cc(OC)c1OC.